The number of aromatic nitrogens is 1. The van der Waals surface area contributed by atoms with Crippen molar-refractivity contribution in [2.45, 2.75) is 31.3 Å². The number of likely N-dealkylation sites (N-methyl/N-ethyl adjacent to an activating group) is 1. The van der Waals surface area contributed by atoms with E-state index in [-0.39, 0.29) is 11.4 Å². The van der Waals surface area contributed by atoms with Gasteiger partial charge in [-0.2, -0.15) is 4.31 Å². The van der Waals surface area contributed by atoms with E-state index in [4.69, 9.17) is 0 Å². The monoisotopic (exact) mass is 287 g/mol. The molecule has 0 aromatic carbocycles. The molecule has 0 aliphatic rings. The number of aliphatic hydroxyl groups excluding tert-OH is 1. The highest BCUT2D eigenvalue weighted by Gasteiger charge is 2.25. The summed E-state index contributed by atoms with van der Waals surface area (Å²) in [6, 6.07) is 1.64. The van der Waals surface area contributed by atoms with E-state index in [0.717, 1.165) is 10.7 Å². The zero-order valence-corrected chi connectivity index (χ0v) is 12.3. The summed E-state index contributed by atoms with van der Waals surface area (Å²) in [6.45, 7) is 4.28. The van der Waals surface area contributed by atoms with Crippen LogP contribution in [0.3, 0.4) is 0 Å². The average Bonchev–Trinajstić information content (AvgIpc) is 2.35. The number of rotatable bonds is 7. The van der Waals surface area contributed by atoms with Gasteiger partial charge in [0.15, 0.2) is 0 Å². The fourth-order valence-corrected chi connectivity index (χ4v) is 2.99. The van der Waals surface area contributed by atoms with Gasteiger partial charge in [0.1, 0.15) is 4.90 Å². The molecule has 0 amide bonds. The summed E-state index contributed by atoms with van der Waals surface area (Å²) < 4.78 is 25.9. The number of anilines is 1. The van der Waals surface area contributed by atoms with E-state index in [2.05, 4.69) is 10.3 Å². The molecule has 0 aliphatic heterocycles. The molecular formula is C12H21N3O3S. The predicted octanol–water partition coefficient (Wildman–Crippen LogP) is 0.905. The van der Waals surface area contributed by atoms with Crippen LogP contribution in [0.15, 0.2) is 23.4 Å². The van der Waals surface area contributed by atoms with Crippen molar-refractivity contribution < 1.29 is 13.5 Å². The molecule has 1 unspecified atom stereocenters. The van der Waals surface area contributed by atoms with Crippen LogP contribution in [0.2, 0.25) is 0 Å². The van der Waals surface area contributed by atoms with Gasteiger partial charge in [0.05, 0.1) is 11.8 Å². The lowest BCUT2D eigenvalue weighted by molar-refractivity contribution is 0.171. The fraction of sp³-hybridized carbons (Fsp3) is 0.583. The minimum absolute atomic E-state index is 0.0461. The van der Waals surface area contributed by atoms with Crippen molar-refractivity contribution in [1.82, 2.24) is 9.29 Å². The summed E-state index contributed by atoms with van der Waals surface area (Å²) in [7, 11) is -2.20. The predicted molar refractivity (Wildman–Crippen MR) is 74.5 cm³/mol. The molecule has 0 bridgehead atoms. The van der Waals surface area contributed by atoms with Crippen LogP contribution in [0.25, 0.3) is 0 Å². The van der Waals surface area contributed by atoms with Crippen LogP contribution >= 0.6 is 0 Å². The van der Waals surface area contributed by atoms with E-state index in [1.165, 1.54) is 13.2 Å². The van der Waals surface area contributed by atoms with E-state index in [9.17, 15) is 13.5 Å². The molecule has 1 rings (SSSR count). The molecule has 1 aromatic heterocycles. The smallest absolute Gasteiger partial charge is 0.246 e. The van der Waals surface area contributed by atoms with Gasteiger partial charge in [0, 0.05) is 32.5 Å². The molecule has 0 aliphatic carbocycles. The fourth-order valence-electron chi connectivity index (χ4n) is 1.63. The van der Waals surface area contributed by atoms with E-state index in [1.807, 2.05) is 6.92 Å². The van der Waals surface area contributed by atoms with Crippen molar-refractivity contribution in [2.75, 3.05) is 25.5 Å². The van der Waals surface area contributed by atoms with E-state index in [0.29, 0.717) is 12.2 Å². The van der Waals surface area contributed by atoms with Crippen LogP contribution in [0.4, 0.5) is 5.69 Å². The van der Waals surface area contributed by atoms with Crippen LogP contribution in [0.1, 0.15) is 20.3 Å². The third-order valence-corrected chi connectivity index (χ3v) is 4.41. The molecule has 0 fully saturated rings. The zero-order chi connectivity index (χ0) is 14.5. The minimum atomic E-state index is -3.65. The van der Waals surface area contributed by atoms with Crippen molar-refractivity contribution >= 4 is 15.7 Å². The maximum absolute atomic E-state index is 12.4. The molecule has 1 atom stereocenters. The number of hydrogen-bond acceptors (Lipinski definition) is 5. The van der Waals surface area contributed by atoms with Crippen LogP contribution < -0.4 is 5.32 Å². The second-order valence-electron chi connectivity index (χ2n) is 4.43. The first-order chi connectivity index (χ1) is 8.89. The Balaban J connectivity index is 3.06. The molecule has 6 nitrogen and oxygen atoms in total. The molecule has 108 valence electrons. The zero-order valence-electron chi connectivity index (χ0n) is 11.5. The van der Waals surface area contributed by atoms with Crippen LogP contribution in [0, 0.1) is 0 Å². The summed E-state index contributed by atoms with van der Waals surface area (Å²) in [4.78, 5) is 4.00. The van der Waals surface area contributed by atoms with Crippen LogP contribution in [0.5, 0.6) is 0 Å². The highest BCUT2D eigenvalue weighted by molar-refractivity contribution is 7.89. The molecule has 0 saturated heterocycles. The Hall–Kier alpha value is -1.18. The van der Waals surface area contributed by atoms with Gasteiger partial charge < -0.3 is 10.4 Å². The molecule has 0 saturated carbocycles. The molecule has 1 heterocycles. The number of hydrogen-bond donors (Lipinski definition) is 2. The molecule has 0 spiro atoms. The molecule has 0 radical (unpaired) electrons. The molecule has 19 heavy (non-hydrogen) atoms. The highest BCUT2D eigenvalue weighted by Crippen LogP contribution is 2.22. The molecule has 7 heteroatoms. The number of pyridine rings is 1. The molecule has 1 aromatic rings. The molecule has 2 N–H and O–H groups in total. The summed E-state index contributed by atoms with van der Waals surface area (Å²) in [5, 5.41) is 12.4. The van der Waals surface area contributed by atoms with Gasteiger partial charge in [-0.3, -0.25) is 4.98 Å². The first-order valence-electron chi connectivity index (χ1n) is 6.22. The van der Waals surface area contributed by atoms with Gasteiger partial charge in [0.2, 0.25) is 10.0 Å². The van der Waals surface area contributed by atoms with Crippen molar-refractivity contribution in [2.24, 2.45) is 0 Å². The summed E-state index contributed by atoms with van der Waals surface area (Å²) in [5.41, 5.74) is 0.536. The number of nitrogens with zero attached hydrogens (tertiary/aromatic N) is 2. The Labute approximate surface area is 114 Å². The van der Waals surface area contributed by atoms with Crippen LogP contribution in [-0.4, -0.2) is 49.1 Å². The number of nitrogens with one attached hydrogen (secondary N) is 1. The SMILES string of the molecule is CCCNc1ccncc1S(=O)(=O)N(C)CC(C)O. The second kappa shape index (κ2) is 6.83. The van der Waals surface area contributed by atoms with Gasteiger partial charge in [0.25, 0.3) is 0 Å². The standard InChI is InChI=1S/C12H21N3O3S/c1-4-6-14-11-5-7-13-8-12(11)19(17,18)15(3)9-10(2)16/h5,7-8,10,16H,4,6,9H2,1-3H3,(H,13,14). The van der Waals surface area contributed by atoms with E-state index < -0.39 is 16.1 Å². The Morgan fingerprint density at radius 3 is 2.79 bits per heavy atom. The number of aliphatic hydroxyl groups is 1. The van der Waals surface area contributed by atoms with Crippen molar-refractivity contribution in [3.05, 3.63) is 18.5 Å². The molecular weight excluding hydrogens is 266 g/mol. The highest BCUT2D eigenvalue weighted by atomic mass is 32.2. The largest absolute Gasteiger partial charge is 0.392 e. The quantitative estimate of drug-likeness (QED) is 0.779. The third kappa shape index (κ3) is 4.15. The topological polar surface area (TPSA) is 82.5 Å². The van der Waals surface area contributed by atoms with E-state index >= 15 is 0 Å². The Kier molecular flexibility index (Phi) is 5.71. The van der Waals surface area contributed by atoms with Crippen molar-refractivity contribution in [1.29, 1.82) is 0 Å². The lowest BCUT2D eigenvalue weighted by Crippen LogP contribution is -2.33. The van der Waals surface area contributed by atoms with Crippen LogP contribution in [-0.2, 0) is 10.0 Å². The van der Waals surface area contributed by atoms with Crippen molar-refractivity contribution in [3.63, 3.8) is 0 Å². The summed E-state index contributed by atoms with van der Waals surface area (Å²) in [5.74, 6) is 0. The maximum atomic E-state index is 12.4. The average molecular weight is 287 g/mol. The Morgan fingerprint density at radius 2 is 2.21 bits per heavy atom. The third-order valence-electron chi connectivity index (χ3n) is 2.56. The Morgan fingerprint density at radius 1 is 1.53 bits per heavy atom. The van der Waals surface area contributed by atoms with Crippen molar-refractivity contribution in [3.8, 4) is 0 Å². The van der Waals surface area contributed by atoms with Gasteiger partial charge in [-0.25, -0.2) is 8.42 Å². The lowest BCUT2D eigenvalue weighted by atomic mass is 10.4. The van der Waals surface area contributed by atoms with Gasteiger partial charge in [-0.15, -0.1) is 0 Å². The van der Waals surface area contributed by atoms with Gasteiger partial charge in [-0.1, -0.05) is 6.92 Å². The first-order valence-corrected chi connectivity index (χ1v) is 7.66. The summed E-state index contributed by atoms with van der Waals surface area (Å²) >= 11 is 0. The minimum Gasteiger partial charge on any atom is -0.392 e. The summed E-state index contributed by atoms with van der Waals surface area (Å²) in [6.07, 6.45) is 3.05. The Bertz CT molecular complexity index is 503. The van der Waals surface area contributed by atoms with Gasteiger partial charge in [-0.05, 0) is 19.4 Å². The lowest BCUT2D eigenvalue weighted by Gasteiger charge is -2.20. The number of sulfonamides is 1. The second-order valence-corrected chi connectivity index (χ2v) is 6.45. The van der Waals surface area contributed by atoms with E-state index in [1.54, 1.807) is 19.2 Å². The van der Waals surface area contributed by atoms with Gasteiger partial charge >= 0.3 is 0 Å². The maximum Gasteiger partial charge on any atom is 0.246 e. The normalized spacial score (nSPS) is 13.5. The first kappa shape index (κ1) is 15.9.